The van der Waals surface area contributed by atoms with Crippen molar-refractivity contribution in [1.82, 2.24) is 0 Å². The molecule has 0 saturated heterocycles. The highest BCUT2D eigenvalue weighted by Gasteiger charge is 2.15. The van der Waals surface area contributed by atoms with Gasteiger partial charge in [0.15, 0.2) is 0 Å². The smallest absolute Gasteiger partial charge is 0.261 e. The fraction of sp³-hybridized carbons (Fsp3) is 0.214. The number of fused-ring (bicyclic) bond motifs is 1. The monoisotopic (exact) mass is 310 g/mol. The Kier molecular flexibility index (Phi) is 5.37. The summed E-state index contributed by atoms with van der Waals surface area (Å²) < 4.78 is 23.0. The summed E-state index contributed by atoms with van der Waals surface area (Å²) in [5, 5.41) is 8.84. The largest absolute Gasteiger partial charge is 0.377 e. The highest BCUT2D eigenvalue weighted by atomic mass is 35.7. The van der Waals surface area contributed by atoms with Crippen molar-refractivity contribution in [1.29, 1.82) is 5.26 Å². The Morgan fingerprint density at radius 1 is 1.10 bits per heavy atom. The van der Waals surface area contributed by atoms with Gasteiger partial charge in [-0.15, -0.1) is 0 Å². The molecule has 0 amide bonds. The maximum atomic E-state index is 11.5. The Bertz CT molecular complexity index is 749. The van der Waals surface area contributed by atoms with Gasteiger partial charge in [0.2, 0.25) is 0 Å². The van der Waals surface area contributed by atoms with E-state index in [-0.39, 0.29) is 4.90 Å². The van der Waals surface area contributed by atoms with Gasteiger partial charge in [0.05, 0.1) is 11.0 Å². The lowest BCUT2D eigenvalue weighted by molar-refractivity contribution is 0.610. The summed E-state index contributed by atoms with van der Waals surface area (Å²) >= 11 is 0. The van der Waals surface area contributed by atoms with Gasteiger partial charge in [-0.1, -0.05) is 24.3 Å². The average Bonchev–Trinajstić information content (AvgIpc) is 2.37. The number of anilines is 1. The predicted molar refractivity (Wildman–Crippen MR) is 82.6 cm³/mol. The number of hydrogen-bond donors (Lipinski definition) is 0. The van der Waals surface area contributed by atoms with Crippen LogP contribution in [0.2, 0.25) is 0 Å². The third-order valence-electron chi connectivity index (χ3n) is 2.60. The van der Waals surface area contributed by atoms with E-state index in [2.05, 4.69) is 0 Å². The van der Waals surface area contributed by atoms with Crippen molar-refractivity contribution < 1.29 is 8.42 Å². The van der Waals surface area contributed by atoms with Gasteiger partial charge in [-0.25, -0.2) is 8.42 Å². The van der Waals surface area contributed by atoms with E-state index in [0.717, 1.165) is 11.1 Å². The topological polar surface area (TPSA) is 61.2 Å². The third kappa shape index (κ3) is 3.62. The van der Waals surface area contributed by atoms with Crippen molar-refractivity contribution >= 4 is 36.2 Å². The second-order valence-corrected chi connectivity index (χ2v) is 6.72. The number of benzene rings is 2. The molecule has 0 aliphatic heterocycles. The third-order valence-corrected chi connectivity index (χ3v) is 3.98. The minimum Gasteiger partial charge on any atom is -0.377 e. The summed E-state index contributed by atoms with van der Waals surface area (Å²) in [6, 6.07) is 12.4. The van der Waals surface area contributed by atoms with Gasteiger partial charge >= 0.3 is 0 Å². The van der Waals surface area contributed by atoms with Gasteiger partial charge in [-0.05, 0) is 12.1 Å². The van der Waals surface area contributed by atoms with Crippen LogP contribution in [0.3, 0.4) is 0 Å². The Labute approximate surface area is 123 Å². The van der Waals surface area contributed by atoms with Crippen molar-refractivity contribution in [2.45, 2.75) is 11.8 Å². The fourth-order valence-corrected chi connectivity index (χ4v) is 2.95. The summed E-state index contributed by atoms with van der Waals surface area (Å²) in [6.45, 7) is 1.43. The lowest BCUT2D eigenvalue weighted by Crippen LogP contribution is -2.09. The zero-order valence-electron chi connectivity index (χ0n) is 11.5. The summed E-state index contributed by atoms with van der Waals surface area (Å²) in [6.07, 6.45) is 0. The van der Waals surface area contributed by atoms with E-state index >= 15 is 0 Å². The molecule has 106 valence electrons. The van der Waals surface area contributed by atoms with Gasteiger partial charge < -0.3 is 4.90 Å². The first-order valence-corrected chi connectivity index (χ1v) is 8.08. The molecule has 0 N–H and O–H groups in total. The summed E-state index contributed by atoms with van der Waals surface area (Å²) in [5.41, 5.74) is 0.963. The molecule has 0 bridgehead atoms. The molecule has 0 heterocycles. The summed E-state index contributed by atoms with van der Waals surface area (Å²) in [7, 11) is 5.54. The van der Waals surface area contributed by atoms with E-state index in [4.69, 9.17) is 15.9 Å². The van der Waals surface area contributed by atoms with Crippen LogP contribution in [0.4, 0.5) is 5.69 Å². The first-order chi connectivity index (χ1) is 9.32. The second-order valence-electron chi connectivity index (χ2n) is 4.18. The molecule has 2 rings (SSSR count). The van der Waals surface area contributed by atoms with Crippen LogP contribution < -0.4 is 4.90 Å². The molecule has 0 saturated carbocycles. The van der Waals surface area contributed by atoms with E-state index < -0.39 is 9.05 Å². The van der Waals surface area contributed by atoms with Crippen molar-refractivity contribution in [3.05, 3.63) is 36.4 Å². The minimum atomic E-state index is -3.72. The van der Waals surface area contributed by atoms with E-state index in [1.807, 2.05) is 37.2 Å². The van der Waals surface area contributed by atoms with Gasteiger partial charge in [0.25, 0.3) is 9.05 Å². The van der Waals surface area contributed by atoms with Gasteiger partial charge in [0.1, 0.15) is 0 Å². The van der Waals surface area contributed by atoms with E-state index in [9.17, 15) is 8.42 Å². The molecular weight excluding hydrogens is 296 g/mol. The average molecular weight is 311 g/mol. The van der Waals surface area contributed by atoms with Crippen LogP contribution in [-0.4, -0.2) is 22.5 Å². The zero-order valence-corrected chi connectivity index (χ0v) is 13.0. The number of nitrogens with zero attached hydrogens (tertiary/aromatic N) is 2. The maximum Gasteiger partial charge on any atom is 0.261 e. The van der Waals surface area contributed by atoms with Crippen LogP contribution in [0.25, 0.3) is 10.8 Å². The lowest BCUT2D eigenvalue weighted by Gasteiger charge is -2.16. The molecule has 0 spiro atoms. The van der Waals surface area contributed by atoms with Gasteiger partial charge in [-0.3, -0.25) is 0 Å². The van der Waals surface area contributed by atoms with Crippen molar-refractivity contribution in [3.8, 4) is 6.07 Å². The number of rotatable bonds is 2. The van der Waals surface area contributed by atoms with E-state index in [0.29, 0.717) is 5.39 Å². The molecule has 0 unspecified atom stereocenters. The Balaban J connectivity index is 0.000000612. The van der Waals surface area contributed by atoms with E-state index in [1.54, 1.807) is 18.2 Å². The normalized spacial score (nSPS) is 10.3. The molecular formula is C14H15ClN2O2S. The van der Waals surface area contributed by atoms with Crippen LogP contribution in [0.15, 0.2) is 41.3 Å². The molecule has 4 nitrogen and oxygen atoms in total. The van der Waals surface area contributed by atoms with Crippen molar-refractivity contribution in [2.24, 2.45) is 0 Å². The highest BCUT2D eigenvalue weighted by molar-refractivity contribution is 8.14. The second kappa shape index (κ2) is 6.60. The molecule has 0 radical (unpaired) electrons. The van der Waals surface area contributed by atoms with Crippen LogP contribution >= 0.6 is 10.7 Å². The molecule has 2 aromatic rings. The standard InChI is InChI=1S/C12H12ClNO2S.C2H3N/c1-14(2)11-7-3-6-10-9(11)5-4-8-12(10)17(13,15)16;1-2-3/h3-8H,1-2H3;1H3. The predicted octanol–water partition coefficient (Wildman–Crippen LogP) is 3.36. The molecule has 2 aromatic carbocycles. The summed E-state index contributed by atoms with van der Waals surface area (Å²) in [5.74, 6) is 0. The lowest BCUT2D eigenvalue weighted by atomic mass is 10.1. The van der Waals surface area contributed by atoms with Crippen molar-refractivity contribution in [3.63, 3.8) is 0 Å². The van der Waals surface area contributed by atoms with Gasteiger partial charge in [-0.2, -0.15) is 5.26 Å². The zero-order chi connectivity index (χ0) is 15.3. The van der Waals surface area contributed by atoms with Crippen LogP contribution in [0, 0.1) is 11.3 Å². The van der Waals surface area contributed by atoms with Crippen LogP contribution in [-0.2, 0) is 9.05 Å². The number of hydrogen-bond acceptors (Lipinski definition) is 4. The van der Waals surface area contributed by atoms with Crippen LogP contribution in [0.1, 0.15) is 6.92 Å². The molecule has 0 aliphatic rings. The Morgan fingerprint density at radius 3 is 2.10 bits per heavy atom. The first kappa shape index (κ1) is 16.3. The molecule has 0 aromatic heterocycles. The molecule has 0 atom stereocenters. The summed E-state index contributed by atoms with van der Waals surface area (Å²) in [4.78, 5) is 2.09. The number of halogens is 1. The molecule has 20 heavy (non-hydrogen) atoms. The Morgan fingerprint density at radius 2 is 1.60 bits per heavy atom. The van der Waals surface area contributed by atoms with Crippen LogP contribution in [0.5, 0.6) is 0 Å². The maximum absolute atomic E-state index is 11.5. The highest BCUT2D eigenvalue weighted by Crippen LogP contribution is 2.31. The van der Waals surface area contributed by atoms with Gasteiger partial charge in [0, 0.05) is 48.2 Å². The molecule has 0 fully saturated rings. The number of nitriles is 1. The SMILES string of the molecule is CC#N.CN(C)c1cccc2c(S(=O)(=O)Cl)cccc12. The minimum absolute atomic E-state index is 0.153. The van der Waals surface area contributed by atoms with E-state index in [1.165, 1.54) is 13.0 Å². The van der Waals surface area contributed by atoms with Crippen molar-refractivity contribution in [2.75, 3.05) is 19.0 Å². The molecule has 0 aliphatic carbocycles. The fourth-order valence-electron chi connectivity index (χ4n) is 1.87. The first-order valence-electron chi connectivity index (χ1n) is 5.77. The molecule has 6 heteroatoms. The Hall–Kier alpha value is -1.77. The quantitative estimate of drug-likeness (QED) is 0.798.